The van der Waals surface area contributed by atoms with Crippen LogP contribution in [0.2, 0.25) is 0 Å². The highest BCUT2D eigenvalue weighted by Crippen LogP contribution is 2.02. The van der Waals surface area contributed by atoms with E-state index < -0.39 is 12.2 Å². The maximum atomic E-state index is 11.2. The molecule has 0 aliphatic rings. The van der Waals surface area contributed by atoms with Gasteiger partial charge >= 0.3 is 12.2 Å². The molecule has 0 saturated heterocycles. The molecule has 0 fully saturated rings. The number of hydrogen-bond acceptors (Lipinski definition) is 4. The molecule has 92 valence electrons. The lowest BCUT2D eigenvalue weighted by atomic mass is 10.2. The zero-order chi connectivity index (χ0) is 12.7. The molecule has 0 aliphatic heterocycles. The van der Waals surface area contributed by atoms with Crippen LogP contribution in [0.4, 0.5) is 9.59 Å². The van der Waals surface area contributed by atoms with Crippen LogP contribution in [-0.2, 0) is 16.2 Å². The number of nitrogens with two attached hydrogens (primary N) is 1. The molecule has 0 aliphatic carbocycles. The predicted octanol–water partition coefficient (Wildman–Crippen LogP) is 1.66. The number of amides is 2. The van der Waals surface area contributed by atoms with E-state index in [0.717, 1.165) is 5.56 Å². The summed E-state index contributed by atoms with van der Waals surface area (Å²) in [6.07, 6.45) is -0.963. The molecule has 1 aromatic rings. The Bertz CT molecular complexity index is 380. The predicted molar refractivity (Wildman–Crippen MR) is 59.7 cm³/mol. The van der Waals surface area contributed by atoms with Crippen LogP contribution in [0.1, 0.15) is 12.5 Å². The first-order valence-electron chi connectivity index (χ1n) is 5.09. The largest absolute Gasteiger partial charge is 0.533 e. The average Bonchev–Trinajstić information content (AvgIpc) is 2.34. The Morgan fingerprint density at radius 3 is 2.47 bits per heavy atom. The van der Waals surface area contributed by atoms with Crippen molar-refractivity contribution in [2.75, 3.05) is 6.54 Å². The first-order chi connectivity index (χ1) is 8.13. The number of hydrogen-bond donors (Lipinski definition) is 1. The summed E-state index contributed by atoms with van der Waals surface area (Å²) in [7, 11) is 0. The fourth-order valence-electron chi connectivity index (χ4n) is 1.10. The zero-order valence-electron chi connectivity index (χ0n) is 9.46. The van der Waals surface area contributed by atoms with Crippen LogP contribution >= 0.6 is 0 Å². The molecule has 2 N–H and O–H groups in total. The Kier molecular flexibility index (Phi) is 4.80. The number of carbonyl (C=O) groups excluding carboxylic acids is 2. The van der Waals surface area contributed by atoms with Crippen LogP contribution in [0.25, 0.3) is 0 Å². The Labute approximate surface area is 98.9 Å². The Hall–Kier alpha value is -2.24. The molecule has 2 amide bonds. The molecule has 6 heteroatoms. The molecule has 6 nitrogen and oxygen atoms in total. The molecule has 0 aromatic heterocycles. The van der Waals surface area contributed by atoms with Crippen molar-refractivity contribution in [3.8, 4) is 0 Å². The van der Waals surface area contributed by atoms with Gasteiger partial charge in [-0.05, 0) is 12.5 Å². The molecule has 0 atom stereocenters. The highest BCUT2D eigenvalue weighted by atomic mass is 16.8. The molecule has 0 radical (unpaired) electrons. The van der Waals surface area contributed by atoms with E-state index in [0.29, 0.717) is 5.06 Å². The van der Waals surface area contributed by atoms with E-state index in [2.05, 4.69) is 4.84 Å². The minimum absolute atomic E-state index is 0.0794. The first kappa shape index (κ1) is 12.8. The number of urea groups is 1. The van der Waals surface area contributed by atoms with Gasteiger partial charge in [-0.2, -0.15) is 5.06 Å². The normalized spacial score (nSPS) is 9.47. The zero-order valence-corrected chi connectivity index (χ0v) is 9.46. The van der Waals surface area contributed by atoms with E-state index in [9.17, 15) is 9.59 Å². The number of rotatable bonds is 3. The third-order valence-electron chi connectivity index (χ3n) is 1.92. The number of ether oxygens (including phenoxy) is 1. The van der Waals surface area contributed by atoms with Gasteiger partial charge in [-0.1, -0.05) is 30.3 Å². The number of primary amides is 1. The van der Waals surface area contributed by atoms with Crippen LogP contribution < -0.4 is 5.73 Å². The third-order valence-corrected chi connectivity index (χ3v) is 1.92. The van der Waals surface area contributed by atoms with Gasteiger partial charge < -0.3 is 15.3 Å². The van der Waals surface area contributed by atoms with Crippen LogP contribution in [0, 0.1) is 0 Å². The molecule has 1 aromatic carbocycles. The molecule has 0 spiro atoms. The maximum Gasteiger partial charge on any atom is 0.533 e. The van der Waals surface area contributed by atoms with Gasteiger partial charge in [-0.15, -0.1) is 0 Å². The van der Waals surface area contributed by atoms with Crippen molar-refractivity contribution in [3.05, 3.63) is 35.9 Å². The standard InChI is InChI=1S/C11H14N2O4/c1-2-13(10(12)14)17-11(15)16-8-9-6-4-3-5-7-9/h3-7H,2,8H2,1H3,(H2,12,14). The fraction of sp³-hybridized carbons (Fsp3) is 0.273. The number of hydroxylamine groups is 2. The summed E-state index contributed by atoms with van der Waals surface area (Å²) in [6, 6.07) is 8.27. The highest BCUT2D eigenvalue weighted by Gasteiger charge is 2.14. The number of carbonyl (C=O) groups is 2. The van der Waals surface area contributed by atoms with E-state index in [4.69, 9.17) is 10.5 Å². The van der Waals surface area contributed by atoms with E-state index in [1.165, 1.54) is 0 Å². The van der Waals surface area contributed by atoms with Crippen molar-refractivity contribution < 1.29 is 19.2 Å². The van der Waals surface area contributed by atoms with Gasteiger partial charge in [0.05, 0.1) is 6.54 Å². The molecule has 0 saturated carbocycles. The molecule has 0 bridgehead atoms. The van der Waals surface area contributed by atoms with E-state index in [1.807, 2.05) is 18.2 Å². The average molecular weight is 238 g/mol. The lowest BCUT2D eigenvalue weighted by Crippen LogP contribution is -2.37. The lowest BCUT2D eigenvalue weighted by Gasteiger charge is -2.16. The Morgan fingerprint density at radius 1 is 1.29 bits per heavy atom. The summed E-state index contributed by atoms with van der Waals surface area (Å²) in [4.78, 5) is 26.5. The monoisotopic (exact) mass is 238 g/mol. The van der Waals surface area contributed by atoms with Gasteiger partial charge in [-0.3, -0.25) is 0 Å². The Morgan fingerprint density at radius 2 is 1.94 bits per heavy atom. The van der Waals surface area contributed by atoms with Gasteiger partial charge in [0.1, 0.15) is 6.61 Å². The topological polar surface area (TPSA) is 81.9 Å². The lowest BCUT2D eigenvalue weighted by molar-refractivity contribution is -0.0888. The van der Waals surface area contributed by atoms with Crippen LogP contribution in [0.3, 0.4) is 0 Å². The number of nitrogens with zero attached hydrogens (tertiary/aromatic N) is 1. The van der Waals surface area contributed by atoms with Crippen LogP contribution in [0.5, 0.6) is 0 Å². The van der Waals surface area contributed by atoms with Crippen molar-refractivity contribution in [1.29, 1.82) is 0 Å². The minimum Gasteiger partial charge on any atom is -0.428 e. The quantitative estimate of drug-likeness (QED) is 0.641. The van der Waals surface area contributed by atoms with Gasteiger partial charge in [0, 0.05) is 0 Å². The second-order valence-corrected chi connectivity index (χ2v) is 3.15. The summed E-state index contributed by atoms with van der Waals surface area (Å²) in [6.45, 7) is 1.86. The molecular formula is C11H14N2O4. The van der Waals surface area contributed by atoms with Crippen LogP contribution in [0.15, 0.2) is 30.3 Å². The second kappa shape index (κ2) is 6.37. The molecular weight excluding hydrogens is 224 g/mol. The van der Waals surface area contributed by atoms with Crippen molar-refractivity contribution >= 4 is 12.2 Å². The fourth-order valence-corrected chi connectivity index (χ4v) is 1.10. The van der Waals surface area contributed by atoms with Crippen molar-refractivity contribution in [2.45, 2.75) is 13.5 Å². The van der Waals surface area contributed by atoms with Gasteiger partial charge in [0.25, 0.3) is 0 Å². The third kappa shape index (κ3) is 4.42. The minimum atomic E-state index is -0.963. The van der Waals surface area contributed by atoms with Gasteiger partial charge in [-0.25, -0.2) is 9.59 Å². The van der Waals surface area contributed by atoms with E-state index in [-0.39, 0.29) is 13.2 Å². The van der Waals surface area contributed by atoms with E-state index >= 15 is 0 Å². The van der Waals surface area contributed by atoms with E-state index in [1.54, 1.807) is 19.1 Å². The summed E-state index contributed by atoms with van der Waals surface area (Å²) < 4.78 is 4.80. The van der Waals surface area contributed by atoms with Gasteiger partial charge in [0.2, 0.25) is 0 Å². The molecule has 0 unspecified atom stereocenters. The van der Waals surface area contributed by atoms with Crippen molar-refractivity contribution in [2.24, 2.45) is 5.73 Å². The molecule has 0 heterocycles. The van der Waals surface area contributed by atoms with Crippen LogP contribution in [-0.4, -0.2) is 23.8 Å². The first-order valence-corrected chi connectivity index (χ1v) is 5.09. The molecule has 17 heavy (non-hydrogen) atoms. The smallest absolute Gasteiger partial charge is 0.428 e. The summed E-state index contributed by atoms with van der Waals surface area (Å²) >= 11 is 0. The highest BCUT2D eigenvalue weighted by molar-refractivity contribution is 5.72. The number of benzene rings is 1. The second-order valence-electron chi connectivity index (χ2n) is 3.15. The SMILES string of the molecule is CCN(OC(=O)OCc1ccccc1)C(N)=O. The summed E-state index contributed by atoms with van der Waals surface area (Å²) in [5.41, 5.74) is 5.78. The van der Waals surface area contributed by atoms with Crippen molar-refractivity contribution in [3.63, 3.8) is 0 Å². The summed E-state index contributed by atoms with van der Waals surface area (Å²) in [5.74, 6) is 0. The maximum absolute atomic E-state index is 11.2. The van der Waals surface area contributed by atoms with Gasteiger partial charge in [0.15, 0.2) is 0 Å². The summed E-state index contributed by atoms with van der Waals surface area (Å²) in [5, 5.41) is 0.716. The molecule has 1 rings (SSSR count). The Balaban J connectivity index is 2.37. The van der Waals surface area contributed by atoms with Crippen molar-refractivity contribution in [1.82, 2.24) is 5.06 Å².